The minimum Gasteiger partial charge on any atom is -0.313 e. The second kappa shape index (κ2) is 6.82. The molecule has 0 radical (unpaired) electrons. The largest absolute Gasteiger partial charge is 0.313 e. The Labute approximate surface area is 136 Å². The fraction of sp³-hybridized carbons (Fsp3) is 0.438. The molecule has 1 N–H and O–H groups in total. The van der Waals surface area contributed by atoms with Crippen LogP contribution in [-0.2, 0) is 13.0 Å². The summed E-state index contributed by atoms with van der Waals surface area (Å²) in [6.45, 7) is 6.92. The van der Waals surface area contributed by atoms with Crippen molar-refractivity contribution in [3.63, 3.8) is 0 Å². The smallest absolute Gasteiger partial charge is 0.0847 e. The van der Waals surface area contributed by atoms with Gasteiger partial charge in [-0.25, -0.2) is 0 Å². The molecule has 0 fully saturated rings. The normalized spacial score (nSPS) is 12.7. The quantitative estimate of drug-likeness (QED) is 0.886. The van der Waals surface area contributed by atoms with E-state index in [-0.39, 0.29) is 6.04 Å². The van der Waals surface area contributed by atoms with Crippen LogP contribution in [0.5, 0.6) is 0 Å². The van der Waals surface area contributed by atoms with Crippen molar-refractivity contribution in [3.8, 4) is 0 Å². The van der Waals surface area contributed by atoms with Crippen molar-refractivity contribution in [2.24, 2.45) is 0 Å². The summed E-state index contributed by atoms with van der Waals surface area (Å²) >= 11 is 12.5. The minimum absolute atomic E-state index is 0.182. The molecule has 0 spiro atoms. The van der Waals surface area contributed by atoms with Gasteiger partial charge in [-0.2, -0.15) is 5.10 Å². The summed E-state index contributed by atoms with van der Waals surface area (Å²) in [5.74, 6) is 0. The summed E-state index contributed by atoms with van der Waals surface area (Å²) < 4.78 is 1.98. The van der Waals surface area contributed by atoms with Crippen molar-refractivity contribution in [1.82, 2.24) is 15.1 Å². The van der Waals surface area contributed by atoms with E-state index in [1.54, 1.807) is 0 Å². The van der Waals surface area contributed by atoms with Crippen molar-refractivity contribution in [2.75, 3.05) is 7.05 Å². The summed E-state index contributed by atoms with van der Waals surface area (Å²) in [4.78, 5) is 0. The fourth-order valence-corrected chi connectivity index (χ4v) is 3.09. The number of likely N-dealkylation sites (N-methyl/N-ethyl adjacent to an activating group) is 1. The zero-order valence-electron chi connectivity index (χ0n) is 12.9. The first-order valence-electron chi connectivity index (χ1n) is 7.13. The Kier molecular flexibility index (Phi) is 5.31. The molecule has 1 unspecified atom stereocenters. The van der Waals surface area contributed by atoms with E-state index < -0.39 is 0 Å². The zero-order valence-corrected chi connectivity index (χ0v) is 14.4. The summed E-state index contributed by atoms with van der Waals surface area (Å²) in [5, 5.41) is 9.38. The molecule has 5 heteroatoms. The van der Waals surface area contributed by atoms with Gasteiger partial charge in [-0.1, -0.05) is 29.3 Å². The number of nitrogens with one attached hydrogen (secondary N) is 1. The van der Waals surface area contributed by atoms with Gasteiger partial charge in [-0.05, 0) is 51.1 Å². The third kappa shape index (κ3) is 3.42. The summed E-state index contributed by atoms with van der Waals surface area (Å²) in [5.41, 5.74) is 4.37. The molecule has 1 aromatic heterocycles. The Bertz CT molecular complexity index is 635. The third-order valence-corrected chi connectivity index (χ3v) is 4.53. The third-order valence-electron chi connectivity index (χ3n) is 3.81. The van der Waals surface area contributed by atoms with Crippen LogP contribution in [0, 0.1) is 13.8 Å². The Morgan fingerprint density at radius 2 is 2.00 bits per heavy atom. The molecule has 3 nitrogen and oxygen atoms in total. The number of hydrogen-bond donors (Lipinski definition) is 1. The minimum atomic E-state index is 0.182. The van der Waals surface area contributed by atoms with Crippen molar-refractivity contribution in [2.45, 2.75) is 39.8 Å². The van der Waals surface area contributed by atoms with Gasteiger partial charge >= 0.3 is 0 Å². The highest BCUT2D eigenvalue weighted by Gasteiger charge is 2.19. The van der Waals surface area contributed by atoms with Crippen LogP contribution >= 0.6 is 23.2 Å². The van der Waals surface area contributed by atoms with Crippen LogP contribution in [0.3, 0.4) is 0 Å². The van der Waals surface area contributed by atoms with Gasteiger partial charge in [0.25, 0.3) is 0 Å². The molecule has 0 aliphatic heterocycles. The molecular weight excluding hydrogens is 305 g/mol. The van der Waals surface area contributed by atoms with E-state index >= 15 is 0 Å². The van der Waals surface area contributed by atoms with Crippen molar-refractivity contribution in [1.29, 1.82) is 0 Å². The predicted octanol–water partition coefficient (Wildman–Crippen LogP) is 4.33. The van der Waals surface area contributed by atoms with E-state index in [4.69, 9.17) is 23.2 Å². The van der Waals surface area contributed by atoms with Crippen LogP contribution in [0.4, 0.5) is 0 Å². The van der Waals surface area contributed by atoms with E-state index in [0.717, 1.165) is 34.4 Å². The Balaban J connectivity index is 2.35. The molecule has 1 atom stereocenters. The van der Waals surface area contributed by atoms with Gasteiger partial charge in [0, 0.05) is 24.0 Å². The van der Waals surface area contributed by atoms with Crippen LogP contribution in [0.2, 0.25) is 10.0 Å². The predicted molar refractivity (Wildman–Crippen MR) is 89.3 cm³/mol. The summed E-state index contributed by atoms with van der Waals surface area (Å²) in [6, 6.07) is 6.18. The number of rotatable bonds is 5. The van der Waals surface area contributed by atoms with Gasteiger partial charge < -0.3 is 5.32 Å². The highest BCUT2D eigenvalue weighted by molar-refractivity contribution is 6.32. The molecule has 0 aliphatic carbocycles. The Morgan fingerprint density at radius 3 is 2.57 bits per heavy atom. The number of benzene rings is 1. The van der Waals surface area contributed by atoms with Gasteiger partial charge in [0.15, 0.2) is 0 Å². The van der Waals surface area contributed by atoms with Gasteiger partial charge in [0.05, 0.1) is 16.4 Å². The second-order valence-electron chi connectivity index (χ2n) is 5.21. The molecule has 2 aromatic rings. The molecule has 0 saturated carbocycles. The van der Waals surface area contributed by atoms with Crippen molar-refractivity contribution in [3.05, 3.63) is 50.8 Å². The first-order valence-corrected chi connectivity index (χ1v) is 7.88. The van der Waals surface area contributed by atoms with Gasteiger partial charge in [0.2, 0.25) is 0 Å². The average Bonchev–Trinajstić information content (AvgIpc) is 2.72. The fourth-order valence-electron chi connectivity index (χ4n) is 2.65. The highest BCUT2D eigenvalue weighted by Crippen LogP contribution is 2.28. The van der Waals surface area contributed by atoms with Crippen LogP contribution in [-0.4, -0.2) is 16.8 Å². The van der Waals surface area contributed by atoms with Crippen LogP contribution in [0.15, 0.2) is 18.2 Å². The molecule has 2 rings (SSSR count). The lowest BCUT2D eigenvalue weighted by Crippen LogP contribution is -2.21. The molecular formula is C16H21Cl2N3. The number of nitrogens with zero attached hydrogens (tertiary/aromatic N) is 2. The van der Waals surface area contributed by atoms with Gasteiger partial charge in [0.1, 0.15) is 0 Å². The molecule has 0 bridgehead atoms. The van der Waals surface area contributed by atoms with Gasteiger partial charge in [-0.3, -0.25) is 4.68 Å². The SMILES string of the molecule is CCn1nc(C)c(Cl)c1CC(NC)c1ccc(Cl)cc1C. The summed E-state index contributed by atoms with van der Waals surface area (Å²) in [6.07, 6.45) is 0.798. The number of hydrogen-bond acceptors (Lipinski definition) is 2. The maximum Gasteiger partial charge on any atom is 0.0847 e. The lowest BCUT2D eigenvalue weighted by Gasteiger charge is -2.20. The number of halogens is 2. The summed E-state index contributed by atoms with van der Waals surface area (Å²) in [7, 11) is 1.96. The molecule has 114 valence electrons. The van der Waals surface area contributed by atoms with E-state index in [9.17, 15) is 0 Å². The zero-order chi connectivity index (χ0) is 15.6. The molecule has 0 amide bonds. The van der Waals surface area contributed by atoms with Crippen molar-refractivity contribution < 1.29 is 0 Å². The van der Waals surface area contributed by atoms with Crippen LogP contribution in [0.1, 0.15) is 35.5 Å². The molecule has 0 aliphatic rings. The standard InChI is InChI=1S/C16H21Cl2N3/c1-5-21-15(16(18)11(3)20-21)9-14(19-4)13-7-6-12(17)8-10(13)2/h6-8,14,19H,5,9H2,1-4H3. The molecule has 1 aromatic carbocycles. The van der Waals surface area contributed by atoms with Crippen LogP contribution < -0.4 is 5.32 Å². The molecule has 1 heterocycles. The first kappa shape index (κ1) is 16.3. The second-order valence-corrected chi connectivity index (χ2v) is 6.02. The molecule has 21 heavy (non-hydrogen) atoms. The lowest BCUT2D eigenvalue weighted by molar-refractivity contribution is 0.539. The van der Waals surface area contributed by atoms with Crippen molar-refractivity contribution >= 4 is 23.2 Å². The number of aryl methyl sites for hydroxylation is 3. The number of aromatic nitrogens is 2. The monoisotopic (exact) mass is 325 g/mol. The van der Waals surface area contributed by atoms with E-state index in [1.165, 1.54) is 11.1 Å². The topological polar surface area (TPSA) is 29.9 Å². The van der Waals surface area contributed by atoms with E-state index in [0.29, 0.717) is 0 Å². The maximum atomic E-state index is 6.41. The van der Waals surface area contributed by atoms with E-state index in [2.05, 4.69) is 30.3 Å². The Hall–Kier alpha value is -1.03. The maximum absolute atomic E-state index is 6.41. The van der Waals surface area contributed by atoms with Crippen LogP contribution in [0.25, 0.3) is 0 Å². The average molecular weight is 326 g/mol. The Morgan fingerprint density at radius 1 is 1.29 bits per heavy atom. The highest BCUT2D eigenvalue weighted by atomic mass is 35.5. The lowest BCUT2D eigenvalue weighted by atomic mass is 9.97. The molecule has 0 saturated heterocycles. The van der Waals surface area contributed by atoms with Gasteiger partial charge in [-0.15, -0.1) is 0 Å². The van der Waals surface area contributed by atoms with E-state index in [1.807, 2.05) is 30.8 Å². The first-order chi connectivity index (χ1) is 9.97.